The molecule has 3 rings (SSSR count). The van der Waals surface area contributed by atoms with Crippen molar-refractivity contribution < 1.29 is 42.9 Å². The van der Waals surface area contributed by atoms with Crippen LogP contribution in [0.1, 0.15) is 64.0 Å². The van der Waals surface area contributed by atoms with Crippen molar-refractivity contribution in [2.75, 3.05) is 20.2 Å². The van der Waals surface area contributed by atoms with E-state index in [2.05, 4.69) is 10.6 Å². The lowest BCUT2D eigenvalue weighted by Gasteiger charge is -2.33. The molecule has 2 aromatic rings. The molecule has 284 valence electrons. The SMILES string of the molecule is COc1ccc(C[C@H]2NC(=O)CC=CC([C@H](C)C(OC(=O)CN)C(Cl)c3ccccc3)OC(=O)[C@H](CC(C)C)OC(=O)C(C)(C)CNC2=O)cc1Cl. The van der Waals surface area contributed by atoms with Crippen molar-refractivity contribution in [3.63, 3.8) is 0 Å². The minimum Gasteiger partial charge on any atom is -0.495 e. The summed E-state index contributed by atoms with van der Waals surface area (Å²) in [6.45, 7) is 7.97. The van der Waals surface area contributed by atoms with Crippen LogP contribution in [0.5, 0.6) is 5.75 Å². The van der Waals surface area contributed by atoms with Crippen LogP contribution in [-0.2, 0) is 44.6 Å². The summed E-state index contributed by atoms with van der Waals surface area (Å²) in [6, 6.07) is 12.9. The number of alkyl halides is 1. The molecule has 0 spiro atoms. The maximum Gasteiger partial charge on any atom is 0.348 e. The van der Waals surface area contributed by atoms with Crippen molar-refractivity contribution in [1.82, 2.24) is 10.6 Å². The second-order valence-electron chi connectivity index (χ2n) is 13.8. The number of nitrogens with two attached hydrogens (primary N) is 1. The third kappa shape index (κ3) is 12.2. The first-order valence-electron chi connectivity index (χ1n) is 17.1. The molecule has 14 heteroatoms. The zero-order valence-electron chi connectivity index (χ0n) is 30.4. The summed E-state index contributed by atoms with van der Waals surface area (Å²) in [7, 11) is 1.48. The number of hydrogen-bond donors (Lipinski definition) is 3. The molecule has 0 saturated carbocycles. The van der Waals surface area contributed by atoms with E-state index in [0.717, 1.165) is 0 Å². The molecule has 0 bridgehead atoms. The largest absolute Gasteiger partial charge is 0.495 e. The topological polar surface area (TPSA) is 172 Å². The fourth-order valence-corrected chi connectivity index (χ4v) is 6.14. The molecular weight excluding hydrogens is 713 g/mol. The smallest absolute Gasteiger partial charge is 0.348 e. The lowest BCUT2D eigenvalue weighted by molar-refractivity contribution is -0.179. The quantitative estimate of drug-likeness (QED) is 0.125. The van der Waals surface area contributed by atoms with Crippen LogP contribution in [0, 0.1) is 17.3 Å². The minimum absolute atomic E-state index is 0.0778. The van der Waals surface area contributed by atoms with E-state index >= 15 is 0 Å². The van der Waals surface area contributed by atoms with Crippen LogP contribution in [0.15, 0.2) is 60.7 Å². The Kier molecular flexibility index (Phi) is 16.0. The van der Waals surface area contributed by atoms with E-state index in [0.29, 0.717) is 21.9 Å². The fraction of sp³-hybridized carbons (Fsp3) is 0.500. The van der Waals surface area contributed by atoms with Gasteiger partial charge in [0.05, 0.1) is 29.5 Å². The number of esters is 3. The Labute approximate surface area is 315 Å². The average Bonchev–Trinajstić information content (AvgIpc) is 3.10. The van der Waals surface area contributed by atoms with E-state index in [9.17, 15) is 24.0 Å². The molecule has 0 radical (unpaired) electrons. The second kappa shape index (κ2) is 19.6. The van der Waals surface area contributed by atoms with Crippen LogP contribution < -0.4 is 21.1 Å². The van der Waals surface area contributed by atoms with Gasteiger partial charge in [-0.05, 0) is 55.5 Å². The highest BCUT2D eigenvalue weighted by molar-refractivity contribution is 6.32. The Morgan fingerprint density at radius 1 is 1.06 bits per heavy atom. The number of carbonyl (C=O) groups is 5. The van der Waals surface area contributed by atoms with Crippen molar-refractivity contribution in [1.29, 1.82) is 0 Å². The Balaban J connectivity index is 2.04. The third-order valence-corrected chi connectivity index (χ3v) is 9.32. The molecule has 0 aromatic heterocycles. The zero-order valence-corrected chi connectivity index (χ0v) is 31.9. The second-order valence-corrected chi connectivity index (χ2v) is 14.7. The van der Waals surface area contributed by atoms with Crippen LogP contribution in [0.4, 0.5) is 0 Å². The molecule has 0 aliphatic carbocycles. The van der Waals surface area contributed by atoms with E-state index in [1.165, 1.54) is 19.3 Å². The van der Waals surface area contributed by atoms with Gasteiger partial charge in [0.2, 0.25) is 11.8 Å². The van der Waals surface area contributed by atoms with Gasteiger partial charge in [-0.2, -0.15) is 0 Å². The van der Waals surface area contributed by atoms with Crippen molar-refractivity contribution in [2.45, 2.75) is 83.6 Å². The predicted molar refractivity (Wildman–Crippen MR) is 197 cm³/mol. The molecular formula is C38H49Cl2N3O9. The highest BCUT2D eigenvalue weighted by Gasteiger charge is 2.40. The Hall–Kier alpha value is -4.13. The highest BCUT2D eigenvalue weighted by atomic mass is 35.5. The molecule has 4 N–H and O–H groups in total. The van der Waals surface area contributed by atoms with Gasteiger partial charge in [0.25, 0.3) is 0 Å². The number of amides is 2. The van der Waals surface area contributed by atoms with Gasteiger partial charge >= 0.3 is 17.9 Å². The predicted octanol–water partition coefficient (Wildman–Crippen LogP) is 4.83. The number of carbonyl (C=O) groups excluding carboxylic acids is 5. The summed E-state index contributed by atoms with van der Waals surface area (Å²) >= 11 is 13.2. The maximum absolute atomic E-state index is 13.8. The van der Waals surface area contributed by atoms with Gasteiger partial charge in [-0.1, -0.05) is 74.8 Å². The van der Waals surface area contributed by atoms with E-state index in [1.54, 1.807) is 63.2 Å². The molecule has 1 heterocycles. The van der Waals surface area contributed by atoms with Gasteiger partial charge in [0.1, 0.15) is 24.0 Å². The van der Waals surface area contributed by atoms with Gasteiger partial charge in [0, 0.05) is 25.3 Å². The molecule has 2 amide bonds. The van der Waals surface area contributed by atoms with Crippen LogP contribution in [-0.4, -0.2) is 74.3 Å². The Morgan fingerprint density at radius 3 is 2.37 bits per heavy atom. The summed E-state index contributed by atoms with van der Waals surface area (Å²) in [6.07, 6.45) is -0.487. The molecule has 1 aliphatic heterocycles. The van der Waals surface area contributed by atoms with E-state index in [1.807, 2.05) is 19.9 Å². The maximum atomic E-state index is 13.8. The number of rotatable bonds is 11. The van der Waals surface area contributed by atoms with Crippen molar-refractivity contribution in [2.24, 2.45) is 23.0 Å². The monoisotopic (exact) mass is 761 g/mol. The van der Waals surface area contributed by atoms with Crippen LogP contribution in [0.3, 0.4) is 0 Å². The molecule has 6 atom stereocenters. The van der Waals surface area contributed by atoms with Crippen LogP contribution in [0.25, 0.3) is 0 Å². The van der Waals surface area contributed by atoms with Crippen molar-refractivity contribution in [3.8, 4) is 5.75 Å². The molecule has 52 heavy (non-hydrogen) atoms. The Bertz CT molecular complexity index is 1580. The van der Waals surface area contributed by atoms with Gasteiger partial charge in [-0.25, -0.2) is 4.79 Å². The van der Waals surface area contributed by atoms with E-state index < -0.39 is 77.3 Å². The first-order chi connectivity index (χ1) is 24.6. The number of ether oxygens (including phenoxy) is 4. The Morgan fingerprint density at radius 2 is 1.75 bits per heavy atom. The van der Waals surface area contributed by atoms with Gasteiger partial charge in [-0.3, -0.25) is 19.2 Å². The van der Waals surface area contributed by atoms with Crippen molar-refractivity contribution in [3.05, 3.63) is 76.8 Å². The van der Waals surface area contributed by atoms with Crippen LogP contribution >= 0.6 is 23.2 Å². The molecule has 1 aliphatic rings. The first kappa shape index (κ1) is 42.3. The molecule has 3 unspecified atom stereocenters. The van der Waals surface area contributed by atoms with Gasteiger partial charge < -0.3 is 35.3 Å². The average molecular weight is 763 g/mol. The zero-order chi connectivity index (χ0) is 38.6. The minimum atomic E-state index is -1.31. The number of hydrogen-bond acceptors (Lipinski definition) is 10. The highest BCUT2D eigenvalue weighted by Crippen LogP contribution is 2.34. The summed E-state index contributed by atoms with van der Waals surface area (Å²) < 4.78 is 22.7. The molecule has 2 aromatic carbocycles. The van der Waals surface area contributed by atoms with Gasteiger partial charge in [0.15, 0.2) is 6.10 Å². The lowest BCUT2D eigenvalue weighted by Crippen LogP contribution is -2.51. The normalized spacial score (nSPS) is 21.9. The molecule has 12 nitrogen and oxygen atoms in total. The number of methoxy groups -OCH3 is 1. The molecule has 0 fully saturated rings. The lowest BCUT2D eigenvalue weighted by atomic mass is 9.91. The van der Waals surface area contributed by atoms with Crippen molar-refractivity contribution >= 4 is 52.9 Å². The molecule has 0 saturated heterocycles. The number of cyclic esters (lactones) is 2. The van der Waals surface area contributed by atoms with Gasteiger partial charge in [-0.15, -0.1) is 11.6 Å². The third-order valence-electron chi connectivity index (χ3n) is 8.52. The summed E-state index contributed by atoms with van der Waals surface area (Å²) in [5, 5.41) is 4.96. The standard InChI is InChI=1S/C38H49Cl2N3O9/c1-22(2)17-30-36(47)50-28(23(3)34(52-32(45)20-41)33(40)25-11-8-7-9-12-25)13-10-14-31(44)43-27(19-24-15-16-29(49-6)26(39)18-24)35(46)42-21-38(4,5)37(48)51-30/h7-13,15-16,18,22-23,27-28,30,33-34H,14,17,19-21,41H2,1-6H3,(H,42,46)(H,43,44)/t23-,27+,28?,30-,33?,34?/m0/s1. The number of halogens is 2. The number of nitrogens with one attached hydrogen (secondary N) is 2. The fourth-order valence-electron chi connectivity index (χ4n) is 5.44. The summed E-state index contributed by atoms with van der Waals surface area (Å²) in [5.41, 5.74) is 5.60. The first-order valence-corrected chi connectivity index (χ1v) is 17.9. The van der Waals surface area contributed by atoms with E-state index in [4.69, 9.17) is 47.9 Å². The van der Waals surface area contributed by atoms with Crippen LogP contribution in [0.2, 0.25) is 5.02 Å². The summed E-state index contributed by atoms with van der Waals surface area (Å²) in [4.78, 5) is 66.7. The van der Waals surface area contributed by atoms with E-state index in [-0.39, 0.29) is 31.7 Å². The number of benzene rings is 2. The summed E-state index contributed by atoms with van der Waals surface area (Å²) in [5.74, 6) is -3.78.